The van der Waals surface area contributed by atoms with Crippen LogP contribution in [0.15, 0.2) is 0 Å². The molecule has 0 aromatic carbocycles. The van der Waals surface area contributed by atoms with E-state index in [0.29, 0.717) is 12.3 Å². The van der Waals surface area contributed by atoms with E-state index in [9.17, 15) is 4.79 Å². The Morgan fingerprint density at radius 3 is 2.56 bits per heavy atom. The molecular formula is C14H26N2O2. The Hall–Kier alpha value is -0.610. The first-order chi connectivity index (χ1) is 8.65. The van der Waals surface area contributed by atoms with Gasteiger partial charge in [-0.25, -0.2) is 0 Å². The number of nitrogens with one attached hydrogen (secondary N) is 1. The van der Waals surface area contributed by atoms with Gasteiger partial charge in [-0.15, -0.1) is 0 Å². The van der Waals surface area contributed by atoms with Crippen molar-refractivity contribution in [1.82, 2.24) is 10.2 Å². The molecule has 0 bridgehead atoms. The van der Waals surface area contributed by atoms with Crippen LogP contribution in [0, 0.1) is 5.92 Å². The molecule has 1 heterocycles. The number of ether oxygens (including phenoxy) is 1. The normalized spacial score (nSPS) is 23.4. The summed E-state index contributed by atoms with van der Waals surface area (Å²) in [5.74, 6) is 0.912. The Kier molecular flexibility index (Phi) is 4.62. The van der Waals surface area contributed by atoms with Gasteiger partial charge < -0.3 is 15.0 Å². The molecule has 0 unspecified atom stereocenters. The molecule has 2 rings (SSSR count). The fourth-order valence-electron chi connectivity index (χ4n) is 2.99. The molecule has 104 valence electrons. The second-order valence-corrected chi connectivity index (χ2v) is 5.89. The average molecular weight is 254 g/mol. The third-order valence-corrected chi connectivity index (χ3v) is 4.59. The lowest BCUT2D eigenvalue weighted by Crippen LogP contribution is -2.45. The largest absolute Gasteiger partial charge is 0.378 e. The van der Waals surface area contributed by atoms with Crippen molar-refractivity contribution in [3.8, 4) is 0 Å². The fourth-order valence-corrected chi connectivity index (χ4v) is 2.99. The van der Waals surface area contributed by atoms with Crippen LogP contribution in [0.25, 0.3) is 0 Å². The van der Waals surface area contributed by atoms with Gasteiger partial charge in [0.2, 0.25) is 5.91 Å². The van der Waals surface area contributed by atoms with E-state index in [-0.39, 0.29) is 11.5 Å². The fraction of sp³-hybridized carbons (Fsp3) is 0.929. The van der Waals surface area contributed by atoms with Gasteiger partial charge in [-0.3, -0.25) is 4.79 Å². The molecule has 0 atom stereocenters. The summed E-state index contributed by atoms with van der Waals surface area (Å²) in [6.45, 7) is 3.09. The van der Waals surface area contributed by atoms with Gasteiger partial charge in [-0.2, -0.15) is 0 Å². The molecule has 18 heavy (non-hydrogen) atoms. The summed E-state index contributed by atoms with van der Waals surface area (Å²) in [4.78, 5) is 14.1. The van der Waals surface area contributed by atoms with Gasteiger partial charge in [0.1, 0.15) is 0 Å². The summed E-state index contributed by atoms with van der Waals surface area (Å²) >= 11 is 0. The number of carbonyl (C=O) groups excluding carboxylic acids is 1. The van der Waals surface area contributed by atoms with Gasteiger partial charge in [0.25, 0.3) is 0 Å². The number of rotatable bonds is 5. The van der Waals surface area contributed by atoms with Crippen LogP contribution in [-0.4, -0.2) is 50.2 Å². The van der Waals surface area contributed by atoms with E-state index >= 15 is 0 Å². The molecule has 1 aliphatic carbocycles. The zero-order valence-electron chi connectivity index (χ0n) is 11.7. The SMILES string of the molecule is COC1(CC(=O)N(C)CC2CCNCC2)CCC1. The molecule has 1 N–H and O–H groups in total. The van der Waals surface area contributed by atoms with Gasteiger partial charge >= 0.3 is 0 Å². The molecule has 0 spiro atoms. The zero-order chi connectivity index (χ0) is 13.0. The number of piperidine rings is 1. The Morgan fingerprint density at radius 2 is 2.06 bits per heavy atom. The number of amides is 1. The maximum atomic E-state index is 12.2. The molecule has 1 aliphatic heterocycles. The van der Waals surface area contributed by atoms with Crippen LogP contribution in [0.2, 0.25) is 0 Å². The van der Waals surface area contributed by atoms with Crippen molar-refractivity contribution < 1.29 is 9.53 Å². The number of nitrogens with zero attached hydrogens (tertiary/aromatic N) is 1. The second kappa shape index (κ2) is 6.02. The van der Waals surface area contributed by atoms with Crippen molar-refractivity contribution in [2.45, 2.75) is 44.1 Å². The van der Waals surface area contributed by atoms with Crippen molar-refractivity contribution in [3.63, 3.8) is 0 Å². The lowest BCUT2D eigenvalue weighted by Gasteiger charge is -2.41. The minimum absolute atomic E-state index is 0.139. The molecule has 0 aromatic rings. The number of hydrogen-bond acceptors (Lipinski definition) is 3. The van der Waals surface area contributed by atoms with Crippen molar-refractivity contribution in [2.24, 2.45) is 5.92 Å². The lowest BCUT2D eigenvalue weighted by molar-refractivity contribution is -0.143. The van der Waals surface area contributed by atoms with E-state index in [4.69, 9.17) is 4.74 Å². The molecule has 2 fully saturated rings. The highest BCUT2D eigenvalue weighted by Gasteiger charge is 2.39. The molecule has 1 saturated heterocycles. The highest BCUT2D eigenvalue weighted by atomic mass is 16.5. The summed E-state index contributed by atoms with van der Waals surface area (Å²) < 4.78 is 5.53. The van der Waals surface area contributed by atoms with Crippen molar-refractivity contribution in [2.75, 3.05) is 33.8 Å². The van der Waals surface area contributed by atoms with E-state index in [2.05, 4.69) is 5.32 Å². The predicted octanol–water partition coefficient (Wildman–Crippen LogP) is 1.40. The average Bonchev–Trinajstić information content (AvgIpc) is 2.34. The maximum Gasteiger partial charge on any atom is 0.225 e. The molecule has 0 aromatic heterocycles. The van der Waals surface area contributed by atoms with Crippen molar-refractivity contribution in [3.05, 3.63) is 0 Å². The van der Waals surface area contributed by atoms with E-state index in [1.54, 1.807) is 7.11 Å². The van der Waals surface area contributed by atoms with Crippen molar-refractivity contribution >= 4 is 5.91 Å². The predicted molar refractivity (Wildman–Crippen MR) is 71.4 cm³/mol. The minimum Gasteiger partial charge on any atom is -0.378 e. The smallest absolute Gasteiger partial charge is 0.225 e. The van der Waals surface area contributed by atoms with Crippen LogP contribution in [0.1, 0.15) is 38.5 Å². The van der Waals surface area contributed by atoms with E-state index < -0.39 is 0 Å². The molecule has 1 amide bonds. The van der Waals surface area contributed by atoms with E-state index in [0.717, 1.165) is 32.5 Å². The quantitative estimate of drug-likeness (QED) is 0.806. The van der Waals surface area contributed by atoms with Crippen LogP contribution < -0.4 is 5.32 Å². The van der Waals surface area contributed by atoms with Crippen LogP contribution in [0.5, 0.6) is 0 Å². The number of carbonyl (C=O) groups is 1. The molecule has 1 saturated carbocycles. The standard InChI is InChI=1S/C14H26N2O2/c1-16(11-12-4-8-15-9-5-12)13(17)10-14(18-2)6-3-7-14/h12,15H,3-11H2,1-2H3. The monoisotopic (exact) mass is 254 g/mol. The first-order valence-electron chi connectivity index (χ1n) is 7.15. The van der Waals surface area contributed by atoms with Gasteiger partial charge in [-0.05, 0) is 51.1 Å². The van der Waals surface area contributed by atoms with E-state index in [1.807, 2.05) is 11.9 Å². The van der Waals surface area contributed by atoms with Crippen LogP contribution in [0.3, 0.4) is 0 Å². The van der Waals surface area contributed by atoms with Gasteiger partial charge in [0, 0.05) is 20.7 Å². The summed E-state index contributed by atoms with van der Waals surface area (Å²) in [6.07, 6.45) is 6.21. The highest BCUT2D eigenvalue weighted by Crippen LogP contribution is 2.38. The maximum absolute atomic E-state index is 12.2. The third-order valence-electron chi connectivity index (χ3n) is 4.59. The Balaban J connectivity index is 1.77. The molecule has 4 heteroatoms. The zero-order valence-corrected chi connectivity index (χ0v) is 11.7. The topological polar surface area (TPSA) is 41.6 Å². The van der Waals surface area contributed by atoms with E-state index in [1.165, 1.54) is 19.3 Å². The molecular weight excluding hydrogens is 228 g/mol. The molecule has 4 nitrogen and oxygen atoms in total. The Bertz CT molecular complexity index is 278. The minimum atomic E-state index is -0.139. The Labute approximate surface area is 110 Å². The Morgan fingerprint density at radius 1 is 1.39 bits per heavy atom. The summed E-state index contributed by atoms with van der Waals surface area (Å²) in [6, 6.07) is 0. The number of hydrogen-bond donors (Lipinski definition) is 1. The van der Waals surface area contributed by atoms with Gasteiger partial charge in [-0.1, -0.05) is 0 Å². The lowest BCUT2D eigenvalue weighted by atomic mass is 9.77. The van der Waals surface area contributed by atoms with Crippen molar-refractivity contribution in [1.29, 1.82) is 0 Å². The first-order valence-corrected chi connectivity index (χ1v) is 7.15. The third kappa shape index (κ3) is 3.23. The highest BCUT2D eigenvalue weighted by molar-refractivity contribution is 5.77. The second-order valence-electron chi connectivity index (χ2n) is 5.89. The summed E-state index contributed by atoms with van der Waals surface area (Å²) in [5.41, 5.74) is -0.139. The van der Waals surface area contributed by atoms with Crippen LogP contribution in [-0.2, 0) is 9.53 Å². The molecule has 2 aliphatic rings. The van der Waals surface area contributed by atoms with Gasteiger partial charge in [0.15, 0.2) is 0 Å². The number of methoxy groups -OCH3 is 1. The summed E-state index contributed by atoms with van der Waals surface area (Å²) in [7, 11) is 3.67. The first kappa shape index (κ1) is 13.8. The van der Waals surface area contributed by atoms with Gasteiger partial charge in [0.05, 0.1) is 12.0 Å². The van der Waals surface area contributed by atoms with Crippen LogP contribution in [0.4, 0.5) is 0 Å². The molecule has 0 radical (unpaired) electrons. The summed E-state index contributed by atoms with van der Waals surface area (Å²) in [5, 5.41) is 3.36. The van der Waals surface area contributed by atoms with Crippen LogP contribution >= 0.6 is 0 Å².